The van der Waals surface area contributed by atoms with E-state index in [2.05, 4.69) is 32.6 Å². The zero-order chi connectivity index (χ0) is 15.4. The van der Waals surface area contributed by atoms with E-state index in [1.807, 2.05) is 24.3 Å². The minimum atomic E-state index is 0.337. The Morgan fingerprint density at radius 3 is 2.67 bits per heavy atom. The molecule has 0 heterocycles. The third kappa shape index (κ3) is 3.91. The van der Waals surface area contributed by atoms with Gasteiger partial charge in [0, 0.05) is 5.70 Å². The molecule has 3 heteroatoms. The van der Waals surface area contributed by atoms with Gasteiger partial charge >= 0.3 is 0 Å². The lowest BCUT2D eigenvalue weighted by Crippen LogP contribution is -2.14. The van der Waals surface area contributed by atoms with E-state index in [4.69, 9.17) is 10.5 Å². The van der Waals surface area contributed by atoms with Crippen molar-refractivity contribution in [3.63, 3.8) is 0 Å². The summed E-state index contributed by atoms with van der Waals surface area (Å²) in [6, 6.07) is 8.10. The summed E-state index contributed by atoms with van der Waals surface area (Å²) >= 11 is 0. The second kappa shape index (κ2) is 6.53. The number of allylic oxidation sites excluding steroid dienone is 3. The molecule has 0 aliphatic heterocycles. The number of hydrogen-bond acceptors (Lipinski definition) is 3. The van der Waals surface area contributed by atoms with Gasteiger partial charge in [0.25, 0.3) is 0 Å². The predicted octanol–water partition coefficient (Wildman–Crippen LogP) is 4.05. The summed E-state index contributed by atoms with van der Waals surface area (Å²) in [5, 5.41) is 9.54. The highest BCUT2D eigenvalue weighted by molar-refractivity contribution is 5.33. The van der Waals surface area contributed by atoms with Crippen molar-refractivity contribution in [3.05, 3.63) is 65.6 Å². The first kappa shape index (κ1) is 15.2. The van der Waals surface area contributed by atoms with E-state index in [1.54, 1.807) is 0 Å². The summed E-state index contributed by atoms with van der Waals surface area (Å²) in [4.78, 5) is 0. The lowest BCUT2D eigenvalue weighted by Gasteiger charge is -2.26. The lowest BCUT2D eigenvalue weighted by molar-refractivity contribution is 0.351. The van der Waals surface area contributed by atoms with Crippen LogP contribution in [0.5, 0.6) is 5.75 Å². The third-order valence-electron chi connectivity index (χ3n) is 3.98. The van der Waals surface area contributed by atoms with Gasteiger partial charge in [-0.1, -0.05) is 31.2 Å². The zero-order valence-electron chi connectivity index (χ0n) is 12.7. The van der Waals surface area contributed by atoms with Crippen molar-refractivity contribution < 1.29 is 9.84 Å². The quantitative estimate of drug-likeness (QED) is 0.858. The first-order valence-corrected chi connectivity index (χ1v) is 7.20. The van der Waals surface area contributed by atoms with Crippen LogP contribution in [0.1, 0.15) is 31.7 Å². The molecule has 0 radical (unpaired) electrons. The van der Waals surface area contributed by atoms with Crippen LogP contribution in [-0.4, -0.2) is 11.7 Å². The zero-order valence-corrected chi connectivity index (χ0v) is 12.7. The minimum absolute atomic E-state index is 0.337. The van der Waals surface area contributed by atoms with Crippen LogP contribution in [0.4, 0.5) is 0 Å². The molecule has 3 N–H and O–H groups in total. The molecule has 1 aliphatic carbocycles. The molecule has 1 aromatic rings. The maximum atomic E-state index is 9.54. The average molecular weight is 285 g/mol. The molecule has 3 nitrogen and oxygen atoms in total. The van der Waals surface area contributed by atoms with Crippen molar-refractivity contribution in [3.8, 4) is 5.75 Å². The molecule has 21 heavy (non-hydrogen) atoms. The van der Waals surface area contributed by atoms with E-state index in [9.17, 15) is 5.11 Å². The Kier molecular flexibility index (Phi) is 4.73. The van der Waals surface area contributed by atoms with Gasteiger partial charge in [0.2, 0.25) is 0 Å². The van der Waals surface area contributed by atoms with Crippen LogP contribution in [0, 0.1) is 5.92 Å². The van der Waals surface area contributed by atoms with Gasteiger partial charge in [-0.2, -0.15) is 0 Å². The number of aliphatic hydroxyl groups is 1. The third-order valence-corrected chi connectivity index (χ3v) is 3.98. The van der Waals surface area contributed by atoms with Gasteiger partial charge in [0.15, 0.2) is 0 Å². The van der Waals surface area contributed by atoms with Gasteiger partial charge in [-0.25, -0.2) is 0 Å². The van der Waals surface area contributed by atoms with Gasteiger partial charge in [0.05, 0.1) is 0 Å². The smallest absolute Gasteiger partial charge is 0.127 e. The molecule has 0 aromatic heterocycles. The highest BCUT2D eigenvalue weighted by Crippen LogP contribution is 2.36. The number of aliphatic hydroxyl groups excluding tert-OH is 1. The molecule has 1 aliphatic rings. The second-order valence-electron chi connectivity index (χ2n) is 5.66. The summed E-state index contributed by atoms with van der Waals surface area (Å²) in [7, 11) is 0. The molecule has 1 aromatic carbocycles. The molecule has 2 rings (SSSR count). The number of hydrogen-bond donors (Lipinski definition) is 2. The van der Waals surface area contributed by atoms with E-state index in [-0.39, 0.29) is 0 Å². The van der Waals surface area contributed by atoms with E-state index in [0.29, 0.717) is 29.9 Å². The molecule has 0 bridgehead atoms. The van der Waals surface area contributed by atoms with Crippen LogP contribution >= 0.6 is 0 Å². The van der Waals surface area contributed by atoms with Crippen LogP contribution in [0.2, 0.25) is 0 Å². The first-order chi connectivity index (χ1) is 9.97. The predicted molar refractivity (Wildman–Crippen MR) is 86.3 cm³/mol. The van der Waals surface area contributed by atoms with Crippen molar-refractivity contribution in [2.24, 2.45) is 11.7 Å². The van der Waals surface area contributed by atoms with Crippen LogP contribution in [0.3, 0.4) is 0 Å². The lowest BCUT2D eigenvalue weighted by atomic mass is 9.79. The van der Waals surface area contributed by atoms with Crippen molar-refractivity contribution in [2.45, 2.75) is 26.2 Å². The van der Waals surface area contributed by atoms with Crippen molar-refractivity contribution >= 4 is 0 Å². The summed E-state index contributed by atoms with van der Waals surface area (Å²) in [6.07, 6.45) is 4.62. The van der Waals surface area contributed by atoms with Gasteiger partial charge < -0.3 is 15.6 Å². The molecule has 2 atom stereocenters. The topological polar surface area (TPSA) is 55.5 Å². The van der Waals surface area contributed by atoms with Gasteiger partial charge in [0.1, 0.15) is 18.1 Å². The van der Waals surface area contributed by atoms with Crippen molar-refractivity contribution in [1.29, 1.82) is 0 Å². The molecule has 0 saturated heterocycles. The average Bonchev–Trinajstić information content (AvgIpc) is 2.45. The maximum absolute atomic E-state index is 9.54. The van der Waals surface area contributed by atoms with Crippen molar-refractivity contribution in [2.75, 3.05) is 6.61 Å². The fourth-order valence-electron chi connectivity index (χ4n) is 2.71. The fraction of sp³-hybridized carbons (Fsp3) is 0.333. The van der Waals surface area contributed by atoms with Crippen LogP contribution in [0.25, 0.3) is 0 Å². The monoisotopic (exact) mass is 285 g/mol. The Morgan fingerprint density at radius 2 is 2.10 bits per heavy atom. The summed E-state index contributed by atoms with van der Waals surface area (Å²) < 4.78 is 5.50. The SMILES string of the molecule is C=C(N)COc1ccc(C(C)C2CC=C(O)C=C2C)cc1. The largest absolute Gasteiger partial charge is 0.508 e. The second-order valence-corrected chi connectivity index (χ2v) is 5.66. The molecule has 2 unspecified atom stereocenters. The molecule has 0 spiro atoms. The Hall–Kier alpha value is -2.16. The van der Waals surface area contributed by atoms with E-state index in [0.717, 1.165) is 12.2 Å². The first-order valence-electron chi connectivity index (χ1n) is 7.20. The fourth-order valence-corrected chi connectivity index (χ4v) is 2.71. The van der Waals surface area contributed by atoms with E-state index < -0.39 is 0 Å². The Balaban J connectivity index is 2.05. The number of ether oxygens (including phenoxy) is 1. The molecule has 0 fully saturated rings. The van der Waals surface area contributed by atoms with Crippen molar-refractivity contribution in [1.82, 2.24) is 0 Å². The Labute approximate surface area is 126 Å². The molecule has 112 valence electrons. The Bertz CT molecular complexity index is 569. The number of rotatable bonds is 5. The number of benzene rings is 1. The molecule has 0 amide bonds. The standard InChI is InChI=1S/C18H23NO2/c1-12-10-16(20)6-9-18(12)14(3)15-4-7-17(8-5-15)21-11-13(2)19/h4-8,10,14,18,20H,2,9,11,19H2,1,3H3. The van der Waals surface area contributed by atoms with Gasteiger partial charge in [-0.05, 0) is 55.0 Å². The maximum Gasteiger partial charge on any atom is 0.127 e. The highest BCUT2D eigenvalue weighted by Gasteiger charge is 2.22. The highest BCUT2D eigenvalue weighted by atomic mass is 16.5. The molecular weight excluding hydrogens is 262 g/mol. The summed E-state index contributed by atoms with van der Waals surface area (Å²) in [5.41, 5.74) is 8.50. The van der Waals surface area contributed by atoms with Crippen LogP contribution < -0.4 is 10.5 Å². The number of nitrogens with two attached hydrogens (primary N) is 1. The molecular formula is C18H23NO2. The van der Waals surface area contributed by atoms with Gasteiger partial charge in [-0.15, -0.1) is 0 Å². The van der Waals surface area contributed by atoms with E-state index >= 15 is 0 Å². The molecule has 0 saturated carbocycles. The normalized spacial score (nSPS) is 19.4. The van der Waals surface area contributed by atoms with Crippen LogP contribution in [0.15, 0.2) is 60.0 Å². The summed E-state index contributed by atoms with van der Waals surface area (Å²) in [6.45, 7) is 8.25. The minimum Gasteiger partial charge on any atom is -0.508 e. The Morgan fingerprint density at radius 1 is 1.43 bits per heavy atom. The van der Waals surface area contributed by atoms with Crippen LogP contribution in [-0.2, 0) is 0 Å². The summed E-state index contributed by atoms with van der Waals surface area (Å²) in [5.74, 6) is 1.99. The van der Waals surface area contributed by atoms with Gasteiger partial charge in [-0.3, -0.25) is 0 Å². The van der Waals surface area contributed by atoms with E-state index in [1.165, 1.54) is 11.1 Å².